The van der Waals surface area contributed by atoms with E-state index in [9.17, 15) is 4.39 Å². The number of rotatable bonds is 2. The summed E-state index contributed by atoms with van der Waals surface area (Å²) in [7, 11) is 0. The van der Waals surface area contributed by atoms with Crippen molar-refractivity contribution in [2.45, 2.75) is 37.6 Å². The Morgan fingerprint density at radius 3 is 2.50 bits per heavy atom. The summed E-state index contributed by atoms with van der Waals surface area (Å²) in [5.41, 5.74) is 6.69. The normalized spacial score (nSPS) is 19.4. The molecule has 1 saturated carbocycles. The van der Waals surface area contributed by atoms with E-state index in [-0.39, 0.29) is 16.8 Å². The Hall–Kier alpha value is -0.960. The van der Waals surface area contributed by atoms with Gasteiger partial charge in [-0.25, -0.2) is 4.39 Å². The van der Waals surface area contributed by atoms with Crippen molar-refractivity contribution in [2.75, 3.05) is 0 Å². The molecule has 2 N–H and O–H groups in total. The van der Waals surface area contributed by atoms with Gasteiger partial charge in [0.25, 0.3) is 0 Å². The largest absolute Gasteiger partial charge is 0.325 e. The molecule has 0 aliphatic heterocycles. The van der Waals surface area contributed by atoms with Crippen molar-refractivity contribution >= 4 is 0 Å². The molecule has 1 aromatic rings. The fourth-order valence-corrected chi connectivity index (χ4v) is 2.10. The molecule has 1 aliphatic carbocycles. The van der Waals surface area contributed by atoms with Gasteiger partial charge in [-0.1, -0.05) is 0 Å². The third kappa shape index (κ3) is 1.32. The third-order valence-electron chi connectivity index (χ3n) is 3.24. The first kappa shape index (κ1) is 9.59. The lowest BCUT2D eigenvalue weighted by Gasteiger charge is -2.30. The second-order valence-electron chi connectivity index (χ2n) is 4.70. The summed E-state index contributed by atoms with van der Waals surface area (Å²) in [5, 5.41) is 0. The molecule has 1 aromatic heterocycles. The van der Waals surface area contributed by atoms with E-state index in [4.69, 9.17) is 5.73 Å². The van der Waals surface area contributed by atoms with Gasteiger partial charge in [-0.2, -0.15) is 0 Å². The highest BCUT2D eigenvalue weighted by molar-refractivity contribution is 5.34. The molecule has 1 fully saturated rings. The number of hydrogen-bond donors (Lipinski definition) is 1. The summed E-state index contributed by atoms with van der Waals surface area (Å²) in [6.07, 6.45) is 5.01. The van der Waals surface area contributed by atoms with Crippen molar-refractivity contribution in [1.29, 1.82) is 0 Å². The molecular weight excluding hydrogens is 179 g/mol. The Morgan fingerprint density at radius 2 is 2.07 bits per heavy atom. The topological polar surface area (TPSA) is 38.9 Å². The number of pyridine rings is 1. The molecule has 3 heteroatoms. The Bertz CT molecular complexity index is 351. The van der Waals surface area contributed by atoms with Gasteiger partial charge in [-0.3, -0.25) is 4.98 Å². The van der Waals surface area contributed by atoms with Crippen molar-refractivity contribution in [3.8, 4) is 0 Å². The number of nitrogens with zero attached hydrogens (tertiary/aromatic N) is 1. The number of aromatic nitrogens is 1. The van der Waals surface area contributed by atoms with Crippen LogP contribution in [0.3, 0.4) is 0 Å². The number of nitrogens with two attached hydrogens (primary N) is 1. The second-order valence-corrected chi connectivity index (χ2v) is 4.70. The molecule has 0 bridgehead atoms. The number of halogens is 1. The number of hydrogen-bond acceptors (Lipinski definition) is 2. The first-order valence-electron chi connectivity index (χ1n) is 4.86. The molecule has 0 unspecified atom stereocenters. The zero-order valence-corrected chi connectivity index (χ0v) is 8.55. The molecule has 2 rings (SSSR count). The minimum absolute atomic E-state index is 0.0535. The summed E-state index contributed by atoms with van der Waals surface area (Å²) in [4.78, 5) is 3.87. The van der Waals surface area contributed by atoms with Crippen molar-refractivity contribution in [1.82, 2.24) is 4.98 Å². The van der Waals surface area contributed by atoms with Crippen LogP contribution in [-0.4, -0.2) is 10.5 Å². The third-order valence-corrected chi connectivity index (χ3v) is 3.24. The van der Waals surface area contributed by atoms with Gasteiger partial charge in [-0.05, 0) is 38.3 Å². The van der Waals surface area contributed by atoms with E-state index < -0.39 is 0 Å². The molecule has 0 amide bonds. The van der Waals surface area contributed by atoms with Crippen LogP contribution in [0, 0.1) is 5.82 Å². The van der Waals surface area contributed by atoms with Crippen molar-refractivity contribution in [3.05, 3.63) is 29.8 Å². The smallest absolute Gasteiger partial charge is 0.141 e. The van der Waals surface area contributed by atoms with Gasteiger partial charge in [0, 0.05) is 17.2 Å². The van der Waals surface area contributed by atoms with Crippen LogP contribution in [0.5, 0.6) is 0 Å². The van der Waals surface area contributed by atoms with Crippen LogP contribution >= 0.6 is 0 Å². The Morgan fingerprint density at radius 1 is 1.43 bits per heavy atom. The zero-order chi connectivity index (χ0) is 10.4. The van der Waals surface area contributed by atoms with Gasteiger partial charge in [0.1, 0.15) is 5.82 Å². The Labute approximate surface area is 83.3 Å². The van der Waals surface area contributed by atoms with E-state index in [1.54, 1.807) is 12.3 Å². The first-order valence-corrected chi connectivity index (χ1v) is 4.86. The van der Waals surface area contributed by atoms with Crippen molar-refractivity contribution < 1.29 is 4.39 Å². The van der Waals surface area contributed by atoms with Gasteiger partial charge in [0.2, 0.25) is 0 Å². The van der Waals surface area contributed by atoms with Crippen LogP contribution < -0.4 is 5.73 Å². The van der Waals surface area contributed by atoms with Gasteiger partial charge >= 0.3 is 0 Å². The van der Waals surface area contributed by atoms with Crippen LogP contribution in [0.2, 0.25) is 0 Å². The monoisotopic (exact) mass is 194 g/mol. The average molecular weight is 194 g/mol. The maximum Gasteiger partial charge on any atom is 0.141 e. The summed E-state index contributed by atoms with van der Waals surface area (Å²) < 4.78 is 13.0. The van der Waals surface area contributed by atoms with Crippen molar-refractivity contribution in [3.63, 3.8) is 0 Å². The highest BCUT2D eigenvalue weighted by atomic mass is 19.1. The predicted octanol–water partition coefficient (Wildman–Crippen LogP) is 1.99. The molecule has 0 atom stereocenters. The van der Waals surface area contributed by atoms with Crippen LogP contribution in [-0.2, 0) is 5.41 Å². The highest BCUT2D eigenvalue weighted by Crippen LogP contribution is 2.54. The van der Waals surface area contributed by atoms with E-state index in [0.29, 0.717) is 0 Å². The molecule has 14 heavy (non-hydrogen) atoms. The Balaban J connectivity index is 2.41. The van der Waals surface area contributed by atoms with Gasteiger partial charge < -0.3 is 5.73 Å². The zero-order valence-electron chi connectivity index (χ0n) is 8.55. The highest BCUT2D eigenvalue weighted by Gasteiger charge is 2.53. The minimum atomic E-state index is -0.303. The summed E-state index contributed by atoms with van der Waals surface area (Å²) in [5.74, 6) is -0.280. The summed E-state index contributed by atoms with van der Waals surface area (Å²) in [6, 6.07) is 1.55. The maximum atomic E-state index is 13.0. The van der Waals surface area contributed by atoms with E-state index in [2.05, 4.69) is 4.98 Å². The van der Waals surface area contributed by atoms with Crippen LogP contribution in [0.4, 0.5) is 4.39 Å². The average Bonchev–Trinajstić information content (AvgIpc) is 2.82. The van der Waals surface area contributed by atoms with Gasteiger partial charge in [0.15, 0.2) is 0 Å². The Kier molecular flexibility index (Phi) is 1.89. The molecule has 76 valence electrons. The lowest BCUT2D eigenvalue weighted by atomic mass is 9.80. The molecule has 0 saturated heterocycles. The lowest BCUT2D eigenvalue weighted by Crippen LogP contribution is -2.45. The molecular formula is C11H15FN2. The van der Waals surface area contributed by atoms with E-state index in [0.717, 1.165) is 18.4 Å². The van der Waals surface area contributed by atoms with Crippen LogP contribution in [0.1, 0.15) is 32.3 Å². The lowest BCUT2D eigenvalue weighted by molar-refractivity contribution is 0.389. The van der Waals surface area contributed by atoms with E-state index in [1.165, 1.54) is 6.20 Å². The van der Waals surface area contributed by atoms with Crippen LogP contribution in [0.25, 0.3) is 0 Å². The predicted molar refractivity (Wildman–Crippen MR) is 53.4 cm³/mol. The molecule has 2 nitrogen and oxygen atoms in total. The molecule has 0 aromatic carbocycles. The maximum absolute atomic E-state index is 13.0. The summed E-state index contributed by atoms with van der Waals surface area (Å²) in [6.45, 7) is 3.98. The second kappa shape index (κ2) is 2.76. The van der Waals surface area contributed by atoms with E-state index >= 15 is 0 Å². The quantitative estimate of drug-likeness (QED) is 0.782. The summed E-state index contributed by atoms with van der Waals surface area (Å²) >= 11 is 0. The molecule has 0 spiro atoms. The van der Waals surface area contributed by atoms with Gasteiger partial charge in [-0.15, -0.1) is 0 Å². The molecule has 1 heterocycles. The van der Waals surface area contributed by atoms with Crippen LogP contribution in [0.15, 0.2) is 18.5 Å². The minimum Gasteiger partial charge on any atom is -0.325 e. The van der Waals surface area contributed by atoms with E-state index in [1.807, 2.05) is 13.8 Å². The standard InChI is InChI=1S/C11H15FN2/c1-10(2,13)11(3-4-11)8-5-9(12)7-14-6-8/h5-7H,3-4,13H2,1-2H3. The molecule has 0 radical (unpaired) electrons. The molecule has 1 aliphatic rings. The fourth-order valence-electron chi connectivity index (χ4n) is 2.10. The van der Waals surface area contributed by atoms with Gasteiger partial charge in [0.05, 0.1) is 6.20 Å². The SMILES string of the molecule is CC(C)(N)C1(c2cncc(F)c2)CC1. The fraction of sp³-hybridized carbons (Fsp3) is 0.545. The first-order chi connectivity index (χ1) is 6.46. The van der Waals surface area contributed by atoms with Crippen molar-refractivity contribution in [2.24, 2.45) is 5.73 Å².